The van der Waals surface area contributed by atoms with E-state index in [-0.39, 0.29) is 17.8 Å². The zero-order chi connectivity index (χ0) is 13.7. The molecule has 0 aliphatic heterocycles. The highest BCUT2D eigenvalue weighted by molar-refractivity contribution is 6.31. The number of ether oxygens (including phenoxy) is 1. The number of hydrogen-bond donors (Lipinski definition) is 0. The largest absolute Gasteiger partial charge is 0.370 e. The SMILES string of the molecule is CCOC(C(=O)Cc1ccc(C)cc1Cl)C(C)C. The van der Waals surface area contributed by atoms with E-state index in [1.807, 2.05) is 45.9 Å². The van der Waals surface area contributed by atoms with E-state index < -0.39 is 0 Å². The summed E-state index contributed by atoms with van der Waals surface area (Å²) in [4.78, 5) is 12.2. The average Bonchev–Trinajstić information content (AvgIpc) is 2.29. The van der Waals surface area contributed by atoms with E-state index >= 15 is 0 Å². The Morgan fingerprint density at radius 2 is 2.06 bits per heavy atom. The van der Waals surface area contributed by atoms with Crippen molar-refractivity contribution < 1.29 is 9.53 Å². The first-order valence-electron chi connectivity index (χ1n) is 6.35. The first-order valence-corrected chi connectivity index (χ1v) is 6.72. The average molecular weight is 269 g/mol. The molecule has 0 heterocycles. The van der Waals surface area contributed by atoms with Gasteiger partial charge in [0.05, 0.1) is 0 Å². The second-order valence-electron chi connectivity index (χ2n) is 4.86. The van der Waals surface area contributed by atoms with Gasteiger partial charge in [-0.05, 0) is 37.0 Å². The maximum Gasteiger partial charge on any atom is 0.166 e. The van der Waals surface area contributed by atoms with Crippen LogP contribution in [0.2, 0.25) is 5.02 Å². The lowest BCUT2D eigenvalue weighted by atomic mass is 9.97. The van der Waals surface area contributed by atoms with Crippen LogP contribution in [0.15, 0.2) is 18.2 Å². The fourth-order valence-corrected chi connectivity index (χ4v) is 2.22. The molecule has 1 atom stereocenters. The lowest BCUT2D eigenvalue weighted by molar-refractivity contribution is -0.132. The van der Waals surface area contributed by atoms with Crippen LogP contribution in [0.3, 0.4) is 0 Å². The third kappa shape index (κ3) is 4.11. The molecule has 0 bridgehead atoms. The van der Waals surface area contributed by atoms with Crippen molar-refractivity contribution in [1.82, 2.24) is 0 Å². The third-order valence-electron chi connectivity index (χ3n) is 2.84. The summed E-state index contributed by atoms with van der Waals surface area (Å²) in [6.07, 6.45) is -0.00512. The van der Waals surface area contributed by atoms with Gasteiger partial charge in [-0.2, -0.15) is 0 Å². The van der Waals surface area contributed by atoms with Crippen LogP contribution in [0, 0.1) is 12.8 Å². The van der Waals surface area contributed by atoms with Gasteiger partial charge < -0.3 is 4.74 Å². The number of aryl methyl sites for hydroxylation is 1. The van der Waals surface area contributed by atoms with Crippen LogP contribution in [-0.2, 0) is 16.0 Å². The highest BCUT2D eigenvalue weighted by Crippen LogP contribution is 2.20. The van der Waals surface area contributed by atoms with Crippen molar-refractivity contribution in [1.29, 1.82) is 0 Å². The Morgan fingerprint density at radius 1 is 1.39 bits per heavy atom. The number of hydrogen-bond acceptors (Lipinski definition) is 2. The molecule has 3 heteroatoms. The van der Waals surface area contributed by atoms with E-state index in [0.29, 0.717) is 18.1 Å². The van der Waals surface area contributed by atoms with Crippen molar-refractivity contribution in [3.05, 3.63) is 34.3 Å². The Kier molecular flexibility index (Phi) is 5.83. The van der Waals surface area contributed by atoms with E-state index in [2.05, 4.69) is 0 Å². The summed E-state index contributed by atoms with van der Waals surface area (Å²) in [5.41, 5.74) is 1.97. The predicted molar refractivity (Wildman–Crippen MR) is 75.2 cm³/mol. The van der Waals surface area contributed by atoms with Crippen molar-refractivity contribution in [2.45, 2.75) is 40.2 Å². The molecule has 0 saturated carbocycles. The zero-order valence-electron chi connectivity index (χ0n) is 11.5. The van der Waals surface area contributed by atoms with Gasteiger partial charge in [-0.15, -0.1) is 0 Å². The Balaban J connectivity index is 2.79. The quantitative estimate of drug-likeness (QED) is 0.784. The normalized spacial score (nSPS) is 12.8. The predicted octanol–water partition coefficient (Wildman–Crippen LogP) is 3.82. The second kappa shape index (κ2) is 6.91. The van der Waals surface area contributed by atoms with E-state index in [9.17, 15) is 4.79 Å². The summed E-state index contributed by atoms with van der Waals surface area (Å²) in [6, 6.07) is 5.77. The molecule has 1 aromatic carbocycles. The van der Waals surface area contributed by atoms with Crippen molar-refractivity contribution in [3.8, 4) is 0 Å². The van der Waals surface area contributed by atoms with Crippen LogP contribution < -0.4 is 0 Å². The monoisotopic (exact) mass is 268 g/mol. The van der Waals surface area contributed by atoms with Crippen LogP contribution in [0.5, 0.6) is 0 Å². The Bertz CT molecular complexity index is 413. The minimum absolute atomic E-state index is 0.0950. The fourth-order valence-electron chi connectivity index (χ4n) is 1.92. The molecular weight excluding hydrogens is 248 g/mol. The van der Waals surface area contributed by atoms with Crippen molar-refractivity contribution in [2.75, 3.05) is 6.61 Å². The Hall–Kier alpha value is -0.860. The van der Waals surface area contributed by atoms with Crippen LogP contribution in [0.4, 0.5) is 0 Å². The standard InChI is InChI=1S/C15H21ClO2/c1-5-18-15(10(2)3)14(17)9-12-7-6-11(4)8-13(12)16/h6-8,10,15H,5,9H2,1-4H3. The van der Waals surface area contributed by atoms with Gasteiger partial charge in [0.15, 0.2) is 5.78 Å². The number of ketones is 1. The number of carbonyl (C=O) groups excluding carboxylic acids is 1. The van der Waals surface area contributed by atoms with E-state index in [1.54, 1.807) is 0 Å². The molecule has 18 heavy (non-hydrogen) atoms. The van der Waals surface area contributed by atoms with Crippen molar-refractivity contribution >= 4 is 17.4 Å². The molecular formula is C15H21ClO2. The van der Waals surface area contributed by atoms with E-state index in [4.69, 9.17) is 16.3 Å². The minimum Gasteiger partial charge on any atom is -0.370 e. The summed E-state index contributed by atoms with van der Waals surface area (Å²) in [7, 11) is 0. The number of rotatable bonds is 6. The van der Waals surface area contributed by atoms with Crippen molar-refractivity contribution in [3.63, 3.8) is 0 Å². The molecule has 0 fully saturated rings. The van der Waals surface area contributed by atoms with Crippen LogP contribution in [-0.4, -0.2) is 18.5 Å². The highest BCUT2D eigenvalue weighted by atomic mass is 35.5. The van der Waals surface area contributed by atoms with Crippen LogP contribution in [0.25, 0.3) is 0 Å². The summed E-state index contributed by atoms with van der Waals surface area (Å²) in [6.45, 7) is 8.43. The molecule has 1 aromatic rings. The van der Waals surface area contributed by atoms with Gasteiger partial charge >= 0.3 is 0 Å². The summed E-state index contributed by atoms with van der Waals surface area (Å²) in [5.74, 6) is 0.277. The van der Waals surface area contributed by atoms with Gasteiger partial charge in [0.1, 0.15) is 6.10 Å². The smallest absolute Gasteiger partial charge is 0.166 e. The maximum atomic E-state index is 12.2. The molecule has 100 valence electrons. The second-order valence-corrected chi connectivity index (χ2v) is 5.27. The third-order valence-corrected chi connectivity index (χ3v) is 3.19. The van der Waals surface area contributed by atoms with E-state index in [1.165, 1.54) is 0 Å². The molecule has 0 aliphatic rings. The van der Waals surface area contributed by atoms with Gasteiger partial charge in [0.25, 0.3) is 0 Å². The molecule has 1 unspecified atom stereocenters. The zero-order valence-corrected chi connectivity index (χ0v) is 12.3. The van der Waals surface area contributed by atoms with Gasteiger partial charge in [-0.1, -0.05) is 37.6 Å². The number of halogens is 1. The minimum atomic E-state index is -0.340. The first-order chi connectivity index (χ1) is 8.45. The summed E-state index contributed by atoms with van der Waals surface area (Å²) >= 11 is 6.14. The highest BCUT2D eigenvalue weighted by Gasteiger charge is 2.22. The van der Waals surface area contributed by atoms with Gasteiger partial charge in [-0.3, -0.25) is 4.79 Å². The molecule has 0 aromatic heterocycles. The van der Waals surface area contributed by atoms with Crippen molar-refractivity contribution in [2.24, 2.45) is 5.92 Å². The topological polar surface area (TPSA) is 26.3 Å². The Labute approximate surface area is 114 Å². The molecule has 0 aliphatic carbocycles. The molecule has 0 N–H and O–H groups in total. The lowest BCUT2D eigenvalue weighted by Gasteiger charge is -2.19. The molecule has 0 spiro atoms. The van der Waals surface area contributed by atoms with Gasteiger partial charge in [0, 0.05) is 18.1 Å². The molecule has 0 radical (unpaired) electrons. The van der Waals surface area contributed by atoms with Gasteiger partial charge in [-0.25, -0.2) is 0 Å². The van der Waals surface area contributed by atoms with Crippen LogP contribution >= 0.6 is 11.6 Å². The Morgan fingerprint density at radius 3 is 2.56 bits per heavy atom. The first kappa shape index (κ1) is 15.2. The fraction of sp³-hybridized carbons (Fsp3) is 0.533. The lowest BCUT2D eigenvalue weighted by Crippen LogP contribution is -2.31. The molecule has 2 nitrogen and oxygen atoms in total. The van der Waals surface area contributed by atoms with Crippen LogP contribution in [0.1, 0.15) is 31.9 Å². The molecule has 1 rings (SSSR count). The number of benzene rings is 1. The number of carbonyl (C=O) groups is 1. The van der Waals surface area contributed by atoms with E-state index in [0.717, 1.165) is 11.1 Å². The van der Waals surface area contributed by atoms with Gasteiger partial charge in [0.2, 0.25) is 0 Å². The molecule has 0 amide bonds. The maximum absolute atomic E-state index is 12.2. The summed E-state index contributed by atoms with van der Waals surface area (Å²) in [5, 5.41) is 0.655. The number of Topliss-reactive ketones (excluding diaryl/α,β-unsaturated/α-hetero) is 1. The summed E-state index contributed by atoms with van der Waals surface area (Å²) < 4.78 is 5.51. The molecule has 0 saturated heterocycles.